The number of rotatable bonds is 5. The zero-order valence-corrected chi connectivity index (χ0v) is 18.8. The highest BCUT2D eigenvalue weighted by molar-refractivity contribution is 5.68. The molecule has 0 aliphatic carbocycles. The number of hydrogen-bond acceptors (Lipinski definition) is 7. The van der Waals surface area contributed by atoms with Gasteiger partial charge in [-0.1, -0.05) is 0 Å². The van der Waals surface area contributed by atoms with Crippen LogP contribution in [0.3, 0.4) is 0 Å². The average molecular weight is 466 g/mol. The van der Waals surface area contributed by atoms with Gasteiger partial charge in [-0.25, -0.2) is 19.0 Å². The van der Waals surface area contributed by atoms with Gasteiger partial charge in [-0.2, -0.15) is 10.2 Å². The maximum Gasteiger partial charge on any atom is 0.227 e. The predicted molar refractivity (Wildman–Crippen MR) is 128 cm³/mol. The lowest BCUT2D eigenvalue weighted by Gasteiger charge is -2.07. The molecule has 1 aromatic carbocycles. The van der Waals surface area contributed by atoms with Crippen molar-refractivity contribution in [2.24, 2.45) is 7.05 Å². The van der Waals surface area contributed by atoms with Gasteiger partial charge in [-0.05, 0) is 55.5 Å². The summed E-state index contributed by atoms with van der Waals surface area (Å²) >= 11 is 0. The third-order valence-electron chi connectivity index (χ3n) is 5.45. The highest BCUT2D eigenvalue weighted by atomic mass is 19.1. The summed E-state index contributed by atoms with van der Waals surface area (Å²) < 4.78 is 18.8. The van der Waals surface area contributed by atoms with Crippen LogP contribution in [0.25, 0.3) is 34.1 Å². The summed E-state index contributed by atoms with van der Waals surface area (Å²) in [6.07, 6.45) is 7.15. The maximum absolute atomic E-state index is 13.4. The largest absolute Gasteiger partial charge is 0.321 e. The molecular formula is C24H19FN10. The van der Waals surface area contributed by atoms with Crippen molar-refractivity contribution < 1.29 is 4.39 Å². The van der Waals surface area contributed by atoms with Gasteiger partial charge in [0.15, 0.2) is 11.5 Å². The van der Waals surface area contributed by atoms with E-state index < -0.39 is 0 Å². The van der Waals surface area contributed by atoms with Crippen LogP contribution in [-0.4, -0.2) is 44.1 Å². The number of nitrogens with one attached hydrogen (secondary N) is 1. The molecule has 0 unspecified atom stereocenters. The van der Waals surface area contributed by atoms with Gasteiger partial charge in [-0.3, -0.25) is 9.08 Å². The molecule has 5 heterocycles. The van der Waals surface area contributed by atoms with E-state index in [1.54, 1.807) is 33.9 Å². The molecular weight excluding hydrogens is 447 g/mol. The number of hydrogen-bond donors (Lipinski definition) is 1. The van der Waals surface area contributed by atoms with Crippen LogP contribution in [0.5, 0.6) is 0 Å². The quantitative estimate of drug-likeness (QED) is 0.410. The Morgan fingerprint density at radius 2 is 1.86 bits per heavy atom. The van der Waals surface area contributed by atoms with E-state index in [-0.39, 0.29) is 5.82 Å². The second-order valence-electron chi connectivity index (χ2n) is 8.02. The first-order valence-electron chi connectivity index (χ1n) is 10.8. The lowest BCUT2D eigenvalue weighted by atomic mass is 10.2. The predicted octanol–water partition coefficient (Wildman–Crippen LogP) is 3.96. The monoisotopic (exact) mass is 466 g/mol. The van der Waals surface area contributed by atoms with Crippen molar-refractivity contribution in [2.45, 2.75) is 6.92 Å². The minimum absolute atomic E-state index is 0.303. The van der Waals surface area contributed by atoms with E-state index in [9.17, 15) is 4.39 Å². The Hall–Kier alpha value is -4.93. The number of fused-ring (bicyclic) bond motifs is 1. The Morgan fingerprint density at radius 1 is 1.00 bits per heavy atom. The molecule has 0 aliphatic heterocycles. The van der Waals surface area contributed by atoms with Gasteiger partial charge < -0.3 is 5.32 Å². The molecule has 35 heavy (non-hydrogen) atoms. The third kappa shape index (κ3) is 3.88. The normalized spacial score (nSPS) is 11.3. The molecule has 10 nitrogen and oxygen atoms in total. The molecule has 0 saturated carbocycles. The smallest absolute Gasteiger partial charge is 0.227 e. The fourth-order valence-corrected chi connectivity index (χ4v) is 3.86. The Morgan fingerprint density at radius 3 is 2.66 bits per heavy atom. The molecule has 6 rings (SSSR count). The highest BCUT2D eigenvalue weighted by Gasteiger charge is 2.17. The van der Waals surface area contributed by atoms with Gasteiger partial charge >= 0.3 is 0 Å². The van der Waals surface area contributed by atoms with E-state index >= 15 is 0 Å². The number of benzene rings is 1. The summed E-state index contributed by atoms with van der Waals surface area (Å²) in [7, 11) is 1.85. The number of anilines is 2. The standard InChI is InChI=1S/C24H19FN10/c1-15-11-21(35(32-15)19-5-3-17(25)4-6-19)23-31-30-22-12-16(8-10-34(22)23)20-7-9-26-24(29-20)28-18-13-27-33(2)14-18/h3-14H,1-2H3,(H,26,28,29). The van der Waals surface area contributed by atoms with Gasteiger partial charge in [0, 0.05) is 31.2 Å². The fourth-order valence-electron chi connectivity index (χ4n) is 3.86. The van der Waals surface area contributed by atoms with Gasteiger partial charge in [0.1, 0.15) is 11.5 Å². The van der Waals surface area contributed by atoms with E-state index in [1.807, 2.05) is 55.0 Å². The lowest BCUT2D eigenvalue weighted by Crippen LogP contribution is -2.02. The maximum atomic E-state index is 13.4. The van der Waals surface area contributed by atoms with Crippen LogP contribution >= 0.6 is 0 Å². The van der Waals surface area contributed by atoms with Crippen LogP contribution in [0.2, 0.25) is 0 Å². The van der Waals surface area contributed by atoms with Crippen molar-refractivity contribution >= 4 is 17.3 Å². The summed E-state index contributed by atoms with van der Waals surface area (Å²) in [5.74, 6) is 0.789. The van der Waals surface area contributed by atoms with Gasteiger partial charge in [0.25, 0.3) is 0 Å². The topological polar surface area (TPSA) is 104 Å². The first-order valence-corrected chi connectivity index (χ1v) is 10.8. The zero-order chi connectivity index (χ0) is 23.9. The van der Waals surface area contributed by atoms with Crippen molar-refractivity contribution in [3.63, 3.8) is 0 Å². The Bertz CT molecular complexity index is 1660. The summed E-state index contributed by atoms with van der Waals surface area (Å²) in [5.41, 5.74) is 5.36. The molecule has 1 N–H and O–H groups in total. The molecule has 6 aromatic rings. The van der Waals surface area contributed by atoms with Crippen LogP contribution in [-0.2, 0) is 7.05 Å². The number of halogens is 1. The second kappa shape index (κ2) is 8.13. The Balaban J connectivity index is 1.36. The summed E-state index contributed by atoms with van der Waals surface area (Å²) in [5, 5.41) is 20.7. The average Bonchev–Trinajstić information content (AvgIpc) is 3.57. The van der Waals surface area contributed by atoms with Crippen LogP contribution in [0.15, 0.2) is 73.3 Å². The number of aromatic nitrogens is 9. The van der Waals surface area contributed by atoms with Crippen molar-refractivity contribution in [1.29, 1.82) is 0 Å². The molecule has 0 spiro atoms. The number of aryl methyl sites for hydroxylation is 2. The molecule has 0 fully saturated rings. The van der Waals surface area contributed by atoms with Crippen LogP contribution in [0.1, 0.15) is 5.69 Å². The van der Waals surface area contributed by atoms with E-state index in [1.165, 1.54) is 12.1 Å². The van der Waals surface area contributed by atoms with E-state index in [2.05, 4.69) is 35.7 Å². The molecule has 11 heteroatoms. The lowest BCUT2D eigenvalue weighted by molar-refractivity contribution is 0.627. The first-order chi connectivity index (χ1) is 17.0. The molecule has 0 aliphatic rings. The van der Waals surface area contributed by atoms with Crippen LogP contribution < -0.4 is 5.32 Å². The third-order valence-corrected chi connectivity index (χ3v) is 5.45. The molecule has 0 amide bonds. The van der Waals surface area contributed by atoms with Crippen molar-refractivity contribution in [1.82, 2.24) is 44.1 Å². The zero-order valence-electron chi connectivity index (χ0n) is 18.8. The number of pyridine rings is 1. The molecule has 0 radical (unpaired) electrons. The first kappa shape index (κ1) is 20.7. The van der Waals surface area contributed by atoms with Crippen molar-refractivity contribution in [3.8, 4) is 28.5 Å². The Labute approximate surface area is 198 Å². The summed E-state index contributed by atoms with van der Waals surface area (Å²) in [6, 6.07) is 13.8. The highest BCUT2D eigenvalue weighted by Crippen LogP contribution is 2.26. The summed E-state index contributed by atoms with van der Waals surface area (Å²) in [6.45, 7) is 1.90. The van der Waals surface area contributed by atoms with Gasteiger partial charge in [0.2, 0.25) is 5.95 Å². The van der Waals surface area contributed by atoms with Gasteiger partial charge in [-0.15, -0.1) is 10.2 Å². The van der Waals surface area contributed by atoms with E-state index in [4.69, 9.17) is 0 Å². The fraction of sp³-hybridized carbons (Fsp3) is 0.0833. The molecule has 172 valence electrons. The summed E-state index contributed by atoms with van der Waals surface area (Å²) in [4.78, 5) is 8.92. The van der Waals surface area contributed by atoms with Crippen LogP contribution in [0.4, 0.5) is 16.0 Å². The minimum Gasteiger partial charge on any atom is -0.321 e. The Kier molecular flexibility index (Phi) is 4.80. The molecule has 5 aromatic heterocycles. The van der Waals surface area contributed by atoms with E-state index in [0.29, 0.717) is 17.4 Å². The number of nitrogens with zero attached hydrogens (tertiary/aromatic N) is 9. The van der Waals surface area contributed by atoms with Crippen molar-refractivity contribution in [2.75, 3.05) is 5.32 Å². The molecule has 0 saturated heterocycles. The second-order valence-corrected chi connectivity index (χ2v) is 8.02. The molecule has 0 atom stereocenters. The van der Waals surface area contributed by atoms with E-state index in [0.717, 1.165) is 34.0 Å². The van der Waals surface area contributed by atoms with Crippen molar-refractivity contribution in [3.05, 3.63) is 84.8 Å². The SMILES string of the molecule is Cc1cc(-c2nnc3cc(-c4ccnc(Nc5cnn(C)c5)n4)ccn23)n(-c2ccc(F)cc2)n1. The van der Waals surface area contributed by atoms with Gasteiger partial charge in [0.05, 0.1) is 29.0 Å². The molecule has 0 bridgehead atoms. The minimum atomic E-state index is -0.303. The van der Waals surface area contributed by atoms with Crippen LogP contribution in [0, 0.1) is 12.7 Å².